The van der Waals surface area contributed by atoms with Gasteiger partial charge in [-0.1, -0.05) is 0 Å². The summed E-state index contributed by atoms with van der Waals surface area (Å²) in [5.74, 6) is 0. The van der Waals surface area contributed by atoms with Crippen LogP contribution in [0.5, 0.6) is 0 Å². The molecule has 1 heterocycles. The Labute approximate surface area is 261 Å². The van der Waals surface area contributed by atoms with Gasteiger partial charge in [0.05, 0.1) is 0 Å². The van der Waals surface area contributed by atoms with Crippen molar-refractivity contribution in [2.24, 2.45) is 4.99 Å². The minimum absolute atomic E-state index is 0. The fourth-order valence-electron chi connectivity index (χ4n) is 0.412. The molecule has 18 heavy (non-hydrogen) atoms. The van der Waals surface area contributed by atoms with Crippen LogP contribution < -0.4 is 0 Å². The Balaban J connectivity index is -0.00000000699. The summed E-state index contributed by atoms with van der Waals surface area (Å²) in [5.41, 5.74) is 1.02. The molecule has 0 aliphatic carbocycles. The number of hydrogen-bond donors (Lipinski definition) is 0. The third kappa shape index (κ3) is 43.4. The zero-order valence-corrected chi connectivity index (χ0v) is 40.6. The van der Waals surface area contributed by atoms with Crippen LogP contribution in [0.3, 0.4) is 0 Å². The predicted molar refractivity (Wildman–Crippen MR) is 32.0 cm³/mol. The molecule has 0 bridgehead atoms. The van der Waals surface area contributed by atoms with E-state index in [4.69, 9.17) is 0 Å². The van der Waals surface area contributed by atoms with Crippen molar-refractivity contribution in [1.82, 2.24) is 0 Å². The number of rotatable bonds is 1. The van der Waals surface area contributed by atoms with E-state index in [1.54, 1.807) is 0 Å². The number of allylic oxidation sites excluding steroid dienone is 2. The molecule has 1 aliphatic rings. The van der Waals surface area contributed by atoms with Crippen LogP contribution in [-0.2, 0) is 228 Å². The summed E-state index contributed by atoms with van der Waals surface area (Å²) in [6.45, 7) is 0. The van der Waals surface area contributed by atoms with E-state index in [1.165, 1.54) is 19.4 Å². The molecule has 0 aromatic rings. The Morgan fingerprint density at radius 2 is 1.28 bits per heavy atom. The molecule has 0 saturated heterocycles. The number of aliphatic imine (C=N–C) groups is 1. The van der Waals surface area contributed by atoms with Crippen molar-refractivity contribution in [2.45, 2.75) is 6.42 Å². The Morgan fingerprint density at radius 1 is 0.944 bits per heavy atom. The van der Waals surface area contributed by atoms with Crippen LogP contribution in [0.2, 0.25) is 0 Å². The molecule has 102 valence electrons. The third-order valence-electron chi connectivity index (χ3n) is 0.716. The first kappa shape index (κ1) is 64.2. The Hall–Kier alpha value is 6.72. The Kier molecular flexibility index (Phi) is 202. The molecule has 0 aromatic carbocycles. The topological polar surface area (TPSA) is 12.4 Å². The van der Waals surface area contributed by atoms with Crippen LogP contribution in [0.4, 0.5) is 0 Å². The van der Waals surface area contributed by atoms with E-state index in [0.29, 0.717) is 0 Å². The van der Waals surface area contributed by atoms with Gasteiger partial charge in [-0.3, -0.25) is 0 Å². The fraction of sp³-hybridized carbons (Fsp3) is 0.167. The SMILES string of the molecule is [CH-]=[W].[W].[W].[W].[W].[W].[W].[W].[W].[W].[W]=[CH]C1=[C-]CC=N1. The average Bonchev–Trinajstić information content (AvgIpc) is 2.43. The molecule has 0 fully saturated rings. The van der Waals surface area contributed by atoms with E-state index >= 15 is 0 Å². The van der Waals surface area contributed by atoms with Crippen LogP contribution in [-0.4, -0.2) is 15.5 Å². The first-order valence-electron chi connectivity index (χ1n) is 2.25. The van der Waals surface area contributed by atoms with Crippen LogP contribution in [0.25, 0.3) is 0 Å². The van der Waals surface area contributed by atoms with Gasteiger partial charge in [-0.05, 0) is 0 Å². The summed E-state index contributed by atoms with van der Waals surface area (Å²) in [5, 5.41) is 0. The second kappa shape index (κ2) is 56.5. The third-order valence-corrected chi connectivity index (χ3v) is 1.52. The summed E-state index contributed by atoms with van der Waals surface area (Å²) in [6.07, 6.45) is 5.84. The van der Waals surface area contributed by atoms with E-state index in [-0.39, 0.29) is 190 Å². The van der Waals surface area contributed by atoms with Crippen molar-refractivity contribution < 1.29 is 228 Å². The minimum atomic E-state index is 0. The Morgan fingerprint density at radius 3 is 1.39 bits per heavy atom. The van der Waals surface area contributed by atoms with Gasteiger partial charge in [-0.25, -0.2) is 0 Å². The first-order valence-corrected chi connectivity index (χ1v) is 5.64. The van der Waals surface area contributed by atoms with E-state index in [1.807, 2.05) is 10.6 Å². The molecule has 0 unspecified atom stereocenters. The summed E-state index contributed by atoms with van der Waals surface area (Å²) < 4.78 is 2.03. The van der Waals surface area contributed by atoms with Gasteiger partial charge in [0.15, 0.2) is 0 Å². The standard InChI is InChI=1S/C5H4N.CH.11W/c1-5-3-2-4-6-5;;;;;;;;;;;;/h1,4H,2H2;1H;;;;;;;;;;;/q2*-1;;;;;;;;;;;. The van der Waals surface area contributed by atoms with Crippen molar-refractivity contribution in [2.75, 3.05) is 0 Å². The molecule has 12 heteroatoms. The van der Waals surface area contributed by atoms with Crippen LogP contribution in [0.15, 0.2) is 10.7 Å². The van der Waals surface area contributed by atoms with Gasteiger partial charge in [0.1, 0.15) is 0 Å². The summed E-state index contributed by atoms with van der Waals surface area (Å²) in [6, 6.07) is 0. The van der Waals surface area contributed by atoms with Crippen LogP contribution in [0, 0.1) is 6.08 Å². The van der Waals surface area contributed by atoms with Crippen molar-refractivity contribution in [3.63, 3.8) is 0 Å². The molecule has 0 N–H and O–H groups in total. The monoisotopic (exact) mass is 2110 g/mol. The molecule has 0 spiro atoms. The molecule has 0 aromatic heterocycles. The fourth-order valence-corrected chi connectivity index (χ4v) is 0.930. The van der Waals surface area contributed by atoms with E-state index < -0.39 is 0 Å². The molecule has 1 aliphatic heterocycles. The van der Waals surface area contributed by atoms with Gasteiger partial charge in [0.2, 0.25) is 0 Å². The van der Waals surface area contributed by atoms with E-state index in [2.05, 4.69) is 16.0 Å². The van der Waals surface area contributed by atoms with Gasteiger partial charge in [0.25, 0.3) is 0 Å². The van der Waals surface area contributed by atoms with E-state index in [9.17, 15) is 0 Å². The van der Waals surface area contributed by atoms with Gasteiger partial charge in [0, 0.05) is 190 Å². The zero-order chi connectivity index (χ0) is 7.11. The van der Waals surface area contributed by atoms with Crippen LogP contribution in [0.1, 0.15) is 6.42 Å². The molecular formula is C6H5NW11-2. The maximum atomic E-state index is 4.58. The van der Waals surface area contributed by atoms with Crippen molar-refractivity contribution in [3.05, 3.63) is 11.8 Å². The van der Waals surface area contributed by atoms with E-state index in [0.717, 1.165) is 31.5 Å². The first-order chi connectivity index (χ1) is 4.43. The van der Waals surface area contributed by atoms with Gasteiger partial charge < -0.3 is 0 Å². The Bertz CT molecular complexity index is 160. The molecule has 0 amide bonds. The van der Waals surface area contributed by atoms with Crippen molar-refractivity contribution in [1.29, 1.82) is 0 Å². The molecule has 0 saturated carbocycles. The van der Waals surface area contributed by atoms with Gasteiger partial charge in [-0.2, -0.15) is 0 Å². The average molecular weight is 2110 g/mol. The normalized spacial score (nSPS) is 6.78. The quantitative estimate of drug-likeness (QED) is 0.336. The molecule has 1 rings (SSSR count). The summed E-state index contributed by atoms with van der Waals surface area (Å²) in [4.78, 5) is 8.58. The van der Waals surface area contributed by atoms with Crippen molar-refractivity contribution in [3.8, 4) is 0 Å². The molecular weight excluding hydrogens is 2110 g/mol. The summed E-state index contributed by atoms with van der Waals surface area (Å²) >= 11 is 2.52. The second-order valence-electron chi connectivity index (χ2n) is 1.20. The van der Waals surface area contributed by atoms with Gasteiger partial charge in [-0.15, -0.1) is 0 Å². The van der Waals surface area contributed by atoms with Gasteiger partial charge >= 0.3 is 77.4 Å². The summed E-state index contributed by atoms with van der Waals surface area (Å²) in [7, 11) is 0. The second-order valence-corrected chi connectivity index (χ2v) is 2.04. The molecule has 0 atom stereocenters. The number of hydrogen-bond acceptors (Lipinski definition) is 1. The molecule has 1 nitrogen and oxygen atoms in total. The van der Waals surface area contributed by atoms with Crippen LogP contribution >= 0.6 is 0 Å². The van der Waals surface area contributed by atoms with Crippen molar-refractivity contribution >= 4 is 15.5 Å². The molecule has 0 radical (unpaired) electrons. The predicted octanol–water partition coefficient (Wildman–Crippen LogP) is 0.317. The number of nitrogens with zero attached hydrogens (tertiary/aromatic N) is 1. The maximum absolute atomic E-state index is 4.58. The zero-order valence-electron chi connectivity index (χ0n) is 8.38.